The molecule has 1 aliphatic rings. The lowest BCUT2D eigenvalue weighted by Crippen LogP contribution is -2.50. The first-order valence-corrected chi connectivity index (χ1v) is 9.65. The first kappa shape index (κ1) is 20.2. The second kappa shape index (κ2) is 8.03. The molecule has 8 nitrogen and oxygen atoms in total. The van der Waals surface area contributed by atoms with Gasteiger partial charge in [-0.05, 0) is 32.9 Å². The number of alkyl carbamates (subject to hydrolysis) is 1. The lowest BCUT2D eigenvalue weighted by atomic mass is 10.2. The Balaban J connectivity index is 2.04. The second-order valence-corrected chi connectivity index (χ2v) is 8.75. The van der Waals surface area contributed by atoms with Gasteiger partial charge >= 0.3 is 6.09 Å². The Bertz CT molecular complexity index is 795. The fourth-order valence-electron chi connectivity index (χ4n) is 2.47. The van der Waals surface area contributed by atoms with E-state index in [1.807, 2.05) is 6.07 Å². The van der Waals surface area contributed by atoms with Gasteiger partial charge in [0.15, 0.2) is 0 Å². The number of carbonyl (C=O) groups is 1. The van der Waals surface area contributed by atoms with Crippen LogP contribution in [0.25, 0.3) is 0 Å². The van der Waals surface area contributed by atoms with Gasteiger partial charge in [-0.15, -0.1) is 0 Å². The van der Waals surface area contributed by atoms with Crippen LogP contribution in [0.3, 0.4) is 0 Å². The Hall–Kier alpha value is -2.15. The molecular formula is C17H23N3O5S. The van der Waals surface area contributed by atoms with Crippen LogP contribution in [0.5, 0.6) is 0 Å². The molecule has 0 bridgehead atoms. The predicted molar refractivity (Wildman–Crippen MR) is 93.9 cm³/mol. The Labute approximate surface area is 153 Å². The maximum atomic E-state index is 12.8. The third kappa shape index (κ3) is 5.17. The maximum absolute atomic E-state index is 12.8. The summed E-state index contributed by atoms with van der Waals surface area (Å²) in [5, 5.41) is 11.7. The van der Waals surface area contributed by atoms with Gasteiger partial charge in [0.05, 0.1) is 23.2 Å². The first-order valence-electron chi connectivity index (χ1n) is 8.21. The number of amides is 1. The van der Waals surface area contributed by atoms with E-state index in [-0.39, 0.29) is 36.7 Å². The van der Waals surface area contributed by atoms with E-state index in [9.17, 15) is 13.2 Å². The van der Waals surface area contributed by atoms with Gasteiger partial charge in [-0.1, -0.05) is 12.1 Å². The molecule has 0 spiro atoms. The Morgan fingerprint density at radius 2 is 2.12 bits per heavy atom. The number of hydrogen-bond acceptors (Lipinski definition) is 6. The topological polar surface area (TPSA) is 109 Å². The van der Waals surface area contributed by atoms with Crippen molar-refractivity contribution >= 4 is 16.1 Å². The minimum absolute atomic E-state index is 0.0248. The van der Waals surface area contributed by atoms with Crippen molar-refractivity contribution in [1.82, 2.24) is 9.62 Å². The lowest BCUT2D eigenvalue weighted by molar-refractivity contribution is -0.00357. The third-order valence-corrected chi connectivity index (χ3v) is 5.52. The molecule has 26 heavy (non-hydrogen) atoms. The van der Waals surface area contributed by atoms with Crippen molar-refractivity contribution in [1.29, 1.82) is 5.26 Å². The molecule has 0 saturated carbocycles. The van der Waals surface area contributed by atoms with Gasteiger partial charge in [-0.25, -0.2) is 13.2 Å². The normalized spacial score (nSPS) is 18.8. The number of hydrogen-bond donors (Lipinski definition) is 1. The smallest absolute Gasteiger partial charge is 0.407 e. The molecule has 142 valence electrons. The van der Waals surface area contributed by atoms with E-state index in [2.05, 4.69) is 5.32 Å². The highest BCUT2D eigenvalue weighted by Gasteiger charge is 2.32. The van der Waals surface area contributed by atoms with Crippen molar-refractivity contribution in [3.63, 3.8) is 0 Å². The highest BCUT2D eigenvalue weighted by molar-refractivity contribution is 7.89. The summed E-state index contributed by atoms with van der Waals surface area (Å²) in [5.41, 5.74) is -0.518. The minimum Gasteiger partial charge on any atom is -0.444 e. The Kier molecular flexibility index (Phi) is 6.23. The van der Waals surface area contributed by atoms with Crippen LogP contribution in [0.1, 0.15) is 26.3 Å². The fourth-order valence-corrected chi connectivity index (χ4v) is 4.07. The predicted octanol–water partition coefficient (Wildman–Crippen LogP) is 1.47. The quantitative estimate of drug-likeness (QED) is 0.846. The number of carbonyl (C=O) groups excluding carboxylic acids is 1. The number of rotatable bonds is 4. The molecule has 0 aliphatic carbocycles. The number of nitriles is 1. The van der Waals surface area contributed by atoms with Gasteiger partial charge in [0.25, 0.3) is 0 Å². The van der Waals surface area contributed by atoms with Gasteiger partial charge in [0.2, 0.25) is 10.0 Å². The molecule has 1 N–H and O–H groups in total. The summed E-state index contributed by atoms with van der Waals surface area (Å²) in [4.78, 5) is 11.7. The van der Waals surface area contributed by atoms with E-state index >= 15 is 0 Å². The number of benzene rings is 1. The molecule has 1 amide bonds. The minimum atomic E-state index is -3.82. The molecule has 1 fully saturated rings. The van der Waals surface area contributed by atoms with Crippen LogP contribution >= 0.6 is 0 Å². The van der Waals surface area contributed by atoms with Gasteiger partial charge in [0, 0.05) is 19.6 Å². The molecule has 2 rings (SSSR count). The zero-order chi connectivity index (χ0) is 19.4. The fraction of sp³-hybridized carbons (Fsp3) is 0.529. The number of nitrogens with one attached hydrogen (secondary N) is 1. The summed E-state index contributed by atoms with van der Waals surface area (Å²) in [6.07, 6.45) is -1.09. The average Bonchev–Trinajstić information content (AvgIpc) is 2.58. The zero-order valence-corrected chi connectivity index (χ0v) is 15.9. The van der Waals surface area contributed by atoms with Crippen LogP contribution in [-0.4, -0.2) is 56.8 Å². The summed E-state index contributed by atoms with van der Waals surface area (Å²) in [6, 6.07) is 7.98. The molecule has 1 atom stereocenters. The van der Waals surface area contributed by atoms with Crippen LogP contribution in [0.4, 0.5) is 4.79 Å². The molecule has 1 aliphatic heterocycles. The van der Waals surface area contributed by atoms with Crippen LogP contribution < -0.4 is 5.32 Å². The van der Waals surface area contributed by atoms with Crippen LogP contribution in [-0.2, 0) is 19.5 Å². The van der Waals surface area contributed by atoms with E-state index < -0.39 is 27.8 Å². The van der Waals surface area contributed by atoms with E-state index in [4.69, 9.17) is 14.7 Å². The standard InChI is InChI=1S/C17H23N3O5S/c1-17(2,3)25-16(21)19-11-14-12-20(8-9-24-14)26(22,23)15-7-5-4-6-13(15)10-18/h4-7,14H,8-9,11-12H2,1-3H3,(H,19,21)/t14-/m1/s1. The van der Waals surface area contributed by atoms with Crippen LogP contribution in [0.15, 0.2) is 29.2 Å². The summed E-state index contributed by atoms with van der Waals surface area (Å²) in [7, 11) is -3.82. The molecule has 1 saturated heterocycles. The molecule has 0 radical (unpaired) electrons. The molecule has 9 heteroatoms. The molecule has 0 unspecified atom stereocenters. The van der Waals surface area contributed by atoms with Crippen molar-refractivity contribution in [3.05, 3.63) is 29.8 Å². The van der Waals surface area contributed by atoms with Gasteiger partial charge in [-0.3, -0.25) is 0 Å². The van der Waals surface area contributed by atoms with Crippen molar-refractivity contribution < 1.29 is 22.7 Å². The van der Waals surface area contributed by atoms with Crippen molar-refractivity contribution in [3.8, 4) is 6.07 Å². The van der Waals surface area contributed by atoms with Gasteiger partial charge in [-0.2, -0.15) is 9.57 Å². The van der Waals surface area contributed by atoms with Gasteiger partial charge < -0.3 is 14.8 Å². The molecule has 0 aromatic heterocycles. The SMILES string of the molecule is CC(C)(C)OC(=O)NC[C@@H]1CN(S(=O)(=O)c2ccccc2C#N)CCO1. The van der Waals surface area contributed by atoms with E-state index in [1.165, 1.54) is 16.4 Å². The highest BCUT2D eigenvalue weighted by atomic mass is 32.2. The van der Waals surface area contributed by atoms with Crippen molar-refractivity contribution in [2.24, 2.45) is 0 Å². The average molecular weight is 381 g/mol. The van der Waals surface area contributed by atoms with Gasteiger partial charge in [0.1, 0.15) is 11.7 Å². The van der Waals surface area contributed by atoms with Crippen LogP contribution in [0.2, 0.25) is 0 Å². The number of nitrogens with zero attached hydrogens (tertiary/aromatic N) is 2. The summed E-state index contributed by atoms with van der Waals surface area (Å²) in [5.74, 6) is 0. The lowest BCUT2D eigenvalue weighted by Gasteiger charge is -2.32. The first-order chi connectivity index (χ1) is 12.1. The summed E-state index contributed by atoms with van der Waals surface area (Å²) in [6.45, 7) is 5.86. The Morgan fingerprint density at radius 1 is 1.42 bits per heavy atom. The number of ether oxygens (including phenoxy) is 2. The van der Waals surface area contributed by atoms with E-state index in [0.29, 0.717) is 0 Å². The zero-order valence-electron chi connectivity index (χ0n) is 15.1. The summed E-state index contributed by atoms with van der Waals surface area (Å²) < 4.78 is 37.6. The molecular weight excluding hydrogens is 358 g/mol. The Morgan fingerprint density at radius 3 is 2.77 bits per heavy atom. The largest absolute Gasteiger partial charge is 0.444 e. The van der Waals surface area contributed by atoms with E-state index in [1.54, 1.807) is 32.9 Å². The third-order valence-electron chi connectivity index (χ3n) is 3.60. The molecule has 1 aromatic rings. The van der Waals surface area contributed by atoms with Crippen molar-refractivity contribution in [2.75, 3.05) is 26.2 Å². The molecule has 1 aromatic carbocycles. The second-order valence-electron chi connectivity index (χ2n) is 6.85. The number of morpholine rings is 1. The maximum Gasteiger partial charge on any atom is 0.407 e. The molecule has 1 heterocycles. The van der Waals surface area contributed by atoms with Crippen LogP contribution in [0, 0.1) is 11.3 Å². The highest BCUT2D eigenvalue weighted by Crippen LogP contribution is 2.21. The summed E-state index contributed by atoms with van der Waals surface area (Å²) >= 11 is 0. The monoisotopic (exact) mass is 381 g/mol. The van der Waals surface area contributed by atoms with E-state index in [0.717, 1.165) is 0 Å². The number of sulfonamides is 1. The van der Waals surface area contributed by atoms with Crippen molar-refractivity contribution in [2.45, 2.75) is 37.4 Å².